The first-order valence-electron chi connectivity index (χ1n) is 10.3. The van der Waals surface area contributed by atoms with Crippen LogP contribution < -0.4 is 4.90 Å². The number of benzene rings is 1. The summed E-state index contributed by atoms with van der Waals surface area (Å²) in [6.45, 7) is 6.64. The van der Waals surface area contributed by atoms with Gasteiger partial charge in [0, 0.05) is 44.5 Å². The summed E-state index contributed by atoms with van der Waals surface area (Å²) >= 11 is 0. The van der Waals surface area contributed by atoms with E-state index in [1.807, 2.05) is 19.9 Å². The standard InChI is InChI=1S/C21H27N5O3S/c1-16-15-20(23-17(2)22-16)24-11-13-25(14-12-24)21(27)19-9-6-10-26(19)30(28,29)18-7-4-3-5-8-18/h3-5,7-8,15,19H,6,9-14H2,1-2H3. The summed E-state index contributed by atoms with van der Waals surface area (Å²) in [4.78, 5) is 26.2. The summed E-state index contributed by atoms with van der Waals surface area (Å²) < 4.78 is 27.5. The monoisotopic (exact) mass is 429 g/mol. The number of piperazine rings is 1. The second-order valence-corrected chi connectivity index (χ2v) is 9.70. The predicted molar refractivity (Wildman–Crippen MR) is 114 cm³/mol. The molecule has 9 heteroatoms. The molecular weight excluding hydrogens is 402 g/mol. The Morgan fingerprint density at radius 3 is 2.37 bits per heavy atom. The molecule has 1 aromatic heterocycles. The van der Waals surface area contributed by atoms with Gasteiger partial charge in [-0.05, 0) is 38.8 Å². The summed E-state index contributed by atoms with van der Waals surface area (Å²) in [7, 11) is -3.68. The molecule has 1 aromatic carbocycles. The lowest BCUT2D eigenvalue weighted by atomic mass is 10.2. The fraction of sp³-hybridized carbons (Fsp3) is 0.476. The van der Waals surface area contributed by atoms with Crippen LogP contribution in [0.4, 0.5) is 5.82 Å². The van der Waals surface area contributed by atoms with Crippen molar-refractivity contribution in [2.45, 2.75) is 37.6 Å². The van der Waals surface area contributed by atoms with Gasteiger partial charge in [0.2, 0.25) is 15.9 Å². The van der Waals surface area contributed by atoms with E-state index in [9.17, 15) is 13.2 Å². The largest absolute Gasteiger partial charge is 0.353 e. The number of sulfonamides is 1. The molecule has 2 aromatic rings. The number of hydrogen-bond donors (Lipinski definition) is 0. The Morgan fingerprint density at radius 1 is 1.00 bits per heavy atom. The number of amides is 1. The van der Waals surface area contributed by atoms with Gasteiger partial charge in [0.1, 0.15) is 17.7 Å². The highest BCUT2D eigenvalue weighted by Gasteiger charge is 2.41. The molecule has 1 amide bonds. The van der Waals surface area contributed by atoms with Crippen molar-refractivity contribution in [1.82, 2.24) is 19.2 Å². The molecule has 30 heavy (non-hydrogen) atoms. The van der Waals surface area contributed by atoms with Gasteiger partial charge in [0.15, 0.2) is 0 Å². The lowest BCUT2D eigenvalue weighted by Crippen LogP contribution is -2.54. The van der Waals surface area contributed by atoms with Gasteiger partial charge < -0.3 is 9.80 Å². The van der Waals surface area contributed by atoms with Crippen molar-refractivity contribution < 1.29 is 13.2 Å². The van der Waals surface area contributed by atoms with Crippen molar-refractivity contribution in [3.63, 3.8) is 0 Å². The van der Waals surface area contributed by atoms with Crippen LogP contribution in [0.2, 0.25) is 0 Å². The lowest BCUT2D eigenvalue weighted by molar-refractivity contribution is -0.134. The van der Waals surface area contributed by atoms with Gasteiger partial charge in [0.25, 0.3) is 0 Å². The molecule has 0 aliphatic carbocycles. The maximum atomic E-state index is 13.2. The molecular formula is C21H27N5O3S. The number of aromatic nitrogens is 2. The molecule has 2 aliphatic heterocycles. The van der Waals surface area contributed by atoms with E-state index in [1.54, 1.807) is 35.2 Å². The van der Waals surface area contributed by atoms with Gasteiger partial charge in [0.05, 0.1) is 4.90 Å². The van der Waals surface area contributed by atoms with Crippen LogP contribution in [0, 0.1) is 13.8 Å². The molecule has 1 atom stereocenters. The zero-order valence-corrected chi connectivity index (χ0v) is 18.2. The summed E-state index contributed by atoms with van der Waals surface area (Å²) in [5.74, 6) is 1.51. The number of nitrogens with zero attached hydrogens (tertiary/aromatic N) is 5. The van der Waals surface area contributed by atoms with Gasteiger partial charge in [-0.15, -0.1) is 0 Å². The van der Waals surface area contributed by atoms with Gasteiger partial charge in [-0.2, -0.15) is 4.31 Å². The highest BCUT2D eigenvalue weighted by molar-refractivity contribution is 7.89. The second kappa shape index (κ2) is 8.31. The molecule has 2 saturated heterocycles. The van der Waals surface area contributed by atoms with Crippen LogP contribution in [0.5, 0.6) is 0 Å². The molecule has 2 aliphatic rings. The summed E-state index contributed by atoms with van der Waals surface area (Å²) in [5, 5.41) is 0. The maximum absolute atomic E-state index is 13.2. The summed E-state index contributed by atoms with van der Waals surface area (Å²) in [6, 6.07) is 9.69. The Balaban J connectivity index is 1.45. The van der Waals surface area contributed by atoms with Gasteiger partial charge in [-0.3, -0.25) is 4.79 Å². The molecule has 4 rings (SSSR count). The lowest BCUT2D eigenvalue weighted by Gasteiger charge is -2.37. The first-order chi connectivity index (χ1) is 14.4. The van der Waals surface area contributed by atoms with Crippen molar-refractivity contribution in [1.29, 1.82) is 0 Å². The minimum atomic E-state index is -3.68. The summed E-state index contributed by atoms with van der Waals surface area (Å²) in [5.41, 5.74) is 0.920. The summed E-state index contributed by atoms with van der Waals surface area (Å²) in [6.07, 6.45) is 1.26. The number of aryl methyl sites for hydroxylation is 2. The Kier molecular flexibility index (Phi) is 5.75. The third-order valence-corrected chi connectivity index (χ3v) is 7.63. The molecule has 3 heterocycles. The minimum Gasteiger partial charge on any atom is -0.353 e. The first kappa shape index (κ1) is 20.7. The molecule has 8 nitrogen and oxygen atoms in total. The number of rotatable bonds is 4. The smallest absolute Gasteiger partial charge is 0.243 e. The molecule has 0 bridgehead atoms. The van der Waals surface area contributed by atoms with E-state index in [1.165, 1.54) is 4.31 Å². The normalized spacial score (nSPS) is 20.5. The first-order valence-corrected chi connectivity index (χ1v) is 11.7. The number of hydrogen-bond acceptors (Lipinski definition) is 6. The van der Waals surface area contributed by atoms with E-state index in [0.29, 0.717) is 45.6 Å². The number of carbonyl (C=O) groups is 1. The van der Waals surface area contributed by atoms with E-state index in [4.69, 9.17) is 0 Å². The fourth-order valence-electron chi connectivity index (χ4n) is 4.23. The molecule has 2 fully saturated rings. The van der Waals surface area contributed by atoms with Crippen molar-refractivity contribution >= 4 is 21.7 Å². The fourth-order valence-corrected chi connectivity index (χ4v) is 5.90. The second-order valence-electron chi connectivity index (χ2n) is 7.81. The third-order valence-electron chi connectivity index (χ3n) is 5.71. The Hall–Kier alpha value is -2.52. The minimum absolute atomic E-state index is 0.0956. The van der Waals surface area contributed by atoms with Crippen LogP contribution in [0.15, 0.2) is 41.3 Å². The van der Waals surface area contributed by atoms with Gasteiger partial charge in [-0.1, -0.05) is 18.2 Å². The molecule has 0 saturated carbocycles. The van der Waals surface area contributed by atoms with Crippen LogP contribution in [-0.2, 0) is 14.8 Å². The van der Waals surface area contributed by atoms with E-state index >= 15 is 0 Å². The van der Waals surface area contributed by atoms with Crippen LogP contribution in [0.1, 0.15) is 24.4 Å². The van der Waals surface area contributed by atoms with Crippen LogP contribution >= 0.6 is 0 Å². The quantitative estimate of drug-likeness (QED) is 0.734. The molecule has 160 valence electrons. The third kappa shape index (κ3) is 4.04. The SMILES string of the molecule is Cc1cc(N2CCN(C(=O)C3CCCN3S(=O)(=O)c3ccccc3)CC2)nc(C)n1. The highest BCUT2D eigenvalue weighted by Crippen LogP contribution is 2.28. The van der Waals surface area contributed by atoms with E-state index < -0.39 is 16.1 Å². The molecule has 0 radical (unpaired) electrons. The average Bonchev–Trinajstić information content (AvgIpc) is 3.24. The highest BCUT2D eigenvalue weighted by atomic mass is 32.2. The van der Waals surface area contributed by atoms with Crippen LogP contribution in [0.3, 0.4) is 0 Å². The van der Waals surface area contributed by atoms with Crippen molar-refractivity contribution in [3.8, 4) is 0 Å². The zero-order valence-electron chi connectivity index (χ0n) is 17.4. The number of anilines is 1. The van der Waals surface area contributed by atoms with Crippen molar-refractivity contribution in [2.24, 2.45) is 0 Å². The Labute approximate surface area is 177 Å². The number of carbonyl (C=O) groups excluding carboxylic acids is 1. The van der Waals surface area contributed by atoms with Crippen LogP contribution in [0.25, 0.3) is 0 Å². The molecule has 0 spiro atoms. The van der Waals surface area contributed by atoms with Crippen molar-refractivity contribution in [2.75, 3.05) is 37.6 Å². The molecule has 0 N–H and O–H groups in total. The maximum Gasteiger partial charge on any atom is 0.243 e. The zero-order chi connectivity index (χ0) is 21.3. The van der Waals surface area contributed by atoms with Crippen LogP contribution in [-0.4, -0.2) is 72.3 Å². The van der Waals surface area contributed by atoms with Crippen molar-refractivity contribution in [3.05, 3.63) is 47.9 Å². The van der Waals surface area contributed by atoms with E-state index in [0.717, 1.165) is 17.3 Å². The van der Waals surface area contributed by atoms with Gasteiger partial charge in [-0.25, -0.2) is 18.4 Å². The Morgan fingerprint density at radius 2 is 1.70 bits per heavy atom. The van der Waals surface area contributed by atoms with Gasteiger partial charge >= 0.3 is 0 Å². The molecule has 1 unspecified atom stereocenters. The average molecular weight is 430 g/mol. The Bertz CT molecular complexity index is 1000. The topological polar surface area (TPSA) is 86.7 Å². The predicted octanol–water partition coefficient (Wildman–Crippen LogP) is 1.60. The van der Waals surface area contributed by atoms with E-state index in [2.05, 4.69) is 14.9 Å². The van der Waals surface area contributed by atoms with E-state index in [-0.39, 0.29) is 10.8 Å².